The van der Waals surface area contributed by atoms with Crippen LogP contribution in [0.3, 0.4) is 0 Å². The molecule has 7 rings (SSSR count). The van der Waals surface area contributed by atoms with Crippen LogP contribution in [0.15, 0.2) is 11.6 Å². The van der Waals surface area contributed by atoms with E-state index in [1.165, 1.54) is 43.4 Å². The molecule has 0 aromatic rings. The molecule has 0 spiro atoms. The van der Waals surface area contributed by atoms with Gasteiger partial charge in [0, 0.05) is 94.0 Å². The van der Waals surface area contributed by atoms with Crippen molar-refractivity contribution in [1.82, 2.24) is 30.7 Å². The maximum atomic E-state index is 13.2. The standard InChI is InChI=1S/C61H102N6O10S/c1-44-21-22-46(17-13-14-20-50-48(44)23-26-60(6)49(24-27-61(50,60)74)45-41-54(70)75-43-45)77-57(73)64-31-16-34-66-38-36-65(37-39-66)33-15-30-63-56(72)58(2,3)29-40-76-59(4,5)28-32-62-52(68)25-35-67-53(69)42-51(55(67)71)78-47-18-11-9-7-8-10-12-19-47/h41,44,46-51,74H,7-40,42-43H2,1-6H3,(H,62,68)(H,63,72)(H,64,73)/t44-,46+,48?,49+,50+,51?,60+,61-/m0/s1. The lowest BCUT2D eigenvalue weighted by atomic mass is 9.51. The number of hydrogen-bond donors (Lipinski definition) is 4. The lowest BCUT2D eigenvalue weighted by molar-refractivity contribution is -0.166. The van der Waals surface area contributed by atoms with Crippen LogP contribution in [0.5, 0.6) is 0 Å². The van der Waals surface area contributed by atoms with Gasteiger partial charge in [-0.2, -0.15) is 0 Å². The predicted octanol–water partition coefficient (Wildman–Crippen LogP) is 8.71. The van der Waals surface area contributed by atoms with Crippen molar-refractivity contribution in [2.45, 2.75) is 223 Å². The lowest BCUT2D eigenvalue weighted by Gasteiger charge is -2.56. The van der Waals surface area contributed by atoms with Crippen LogP contribution in [0.25, 0.3) is 0 Å². The Morgan fingerprint density at radius 3 is 2.10 bits per heavy atom. The zero-order chi connectivity index (χ0) is 55.9. The number of carbonyl (C=O) groups excluding carboxylic acids is 6. The highest BCUT2D eigenvalue weighted by atomic mass is 32.2. The van der Waals surface area contributed by atoms with E-state index in [9.17, 15) is 33.9 Å². The van der Waals surface area contributed by atoms with Gasteiger partial charge in [0.2, 0.25) is 23.6 Å². The van der Waals surface area contributed by atoms with Crippen LogP contribution in [-0.2, 0) is 38.2 Å². The highest BCUT2D eigenvalue weighted by Crippen LogP contribution is 2.65. The number of piperazine rings is 1. The van der Waals surface area contributed by atoms with Gasteiger partial charge in [-0.3, -0.25) is 24.1 Å². The molecule has 0 bridgehead atoms. The van der Waals surface area contributed by atoms with Gasteiger partial charge in [-0.15, -0.1) is 11.8 Å². The van der Waals surface area contributed by atoms with Gasteiger partial charge in [0.1, 0.15) is 12.7 Å². The Bertz CT molecular complexity index is 2040. The Balaban J connectivity index is 0.686. The van der Waals surface area contributed by atoms with Crippen LogP contribution in [0.1, 0.15) is 196 Å². The summed E-state index contributed by atoms with van der Waals surface area (Å²) < 4.78 is 17.6. The number of alkyl carbamates (subject to hydrolysis) is 1. The number of hydrogen-bond acceptors (Lipinski definition) is 13. The van der Waals surface area contributed by atoms with Gasteiger partial charge >= 0.3 is 12.1 Å². The Kier molecular flexibility index (Phi) is 23.3. The van der Waals surface area contributed by atoms with E-state index in [1.54, 1.807) is 17.8 Å². The van der Waals surface area contributed by atoms with Crippen molar-refractivity contribution in [3.63, 3.8) is 0 Å². The van der Waals surface area contributed by atoms with E-state index >= 15 is 0 Å². The zero-order valence-corrected chi connectivity index (χ0v) is 49.8. The van der Waals surface area contributed by atoms with Crippen molar-refractivity contribution in [1.29, 1.82) is 0 Å². The molecule has 0 radical (unpaired) electrons. The van der Waals surface area contributed by atoms with Gasteiger partial charge in [0.25, 0.3) is 0 Å². The Morgan fingerprint density at radius 2 is 1.42 bits per heavy atom. The van der Waals surface area contributed by atoms with E-state index in [0.717, 1.165) is 135 Å². The molecule has 4 N–H and O–H groups in total. The predicted molar refractivity (Wildman–Crippen MR) is 305 cm³/mol. The molecule has 4 saturated carbocycles. The maximum absolute atomic E-state index is 13.2. The first-order chi connectivity index (χ1) is 37.3. The van der Waals surface area contributed by atoms with E-state index < -0.39 is 16.6 Å². The van der Waals surface area contributed by atoms with Gasteiger partial charge in [0.15, 0.2) is 0 Å². The third-order valence-corrected chi connectivity index (χ3v) is 21.3. The normalized spacial score (nSPS) is 30.3. The number of aliphatic hydroxyl groups is 1. The Hall–Kier alpha value is -3.25. The number of rotatable bonds is 23. The molecule has 0 aromatic carbocycles. The summed E-state index contributed by atoms with van der Waals surface area (Å²) in [6, 6.07) is 0. The topological polar surface area (TPSA) is 196 Å². The summed E-state index contributed by atoms with van der Waals surface area (Å²) in [5.74, 6) is 0.561. The number of thioether (sulfide) groups is 1. The van der Waals surface area contributed by atoms with Crippen molar-refractivity contribution < 1.29 is 48.1 Å². The fourth-order valence-corrected chi connectivity index (χ4v) is 16.0. The quantitative estimate of drug-likeness (QED) is 0.0431. The number of nitrogens with zero attached hydrogens (tertiary/aromatic N) is 3. The highest BCUT2D eigenvalue weighted by molar-refractivity contribution is 8.01. The van der Waals surface area contributed by atoms with Crippen LogP contribution in [-0.4, -0.2) is 162 Å². The first-order valence-corrected chi connectivity index (χ1v) is 31.9. The third kappa shape index (κ3) is 17.2. The summed E-state index contributed by atoms with van der Waals surface area (Å²) in [5, 5.41) is 21.8. The molecule has 442 valence electrons. The summed E-state index contributed by atoms with van der Waals surface area (Å²) in [4.78, 5) is 83.1. The molecule has 5 amide bonds. The average Bonchev–Trinajstić information content (AvgIpc) is 4.11. The van der Waals surface area contributed by atoms with Crippen molar-refractivity contribution >= 4 is 47.5 Å². The largest absolute Gasteiger partial charge is 0.458 e. The van der Waals surface area contributed by atoms with Crippen molar-refractivity contribution in [2.75, 3.05) is 78.7 Å². The molecular weight excluding hydrogens is 1010 g/mol. The second-order valence-electron chi connectivity index (χ2n) is 26.1. The van der Waals surface area contributed by atoms with Crippen molar-refractivity contribution in [3.8, 4) is 0 Å². The summed E-state index contributed by atoms with van der Waals surface area (Å²) in [6.07, 6.45) is 23.5. The number of fused-ring (bicyclic) bond motifs is 3. The van der Waals surface area contributed by atoms with Gasteiger partial charge < -0.3 is 45.1 Å². The summed E-state index contributed by atoms with van der Waals surface area (Å²) in [7, 11) is 0. The number of cyclic esters (lactones) is 1. The molecule has 0 aromatic heterocycles. The number of nitrogens with one attached hydrogen (secondary N) is 3. The molecule has 2 unspecified atom stereocenters. The lowest BCUT2D eigenvalue weighted by Crippen LogP contribution is -2.57. The molecule has 3 heterocycles. The number of esters is 1. The van der Waals surface area contributed by atoms with Gasteiger partial charge in [0.05, 0.1) is 16.5 Å². The number of amides is 5. The molecule has 4 aliphatic carbocycles. The fraction of sp³-hybridized carbons (Fsp3) is 0.869. The summed E-state index contributed by atoms with van der Waals surface area (Å²) >= 11 is 1.69. The molecule has 3 aliphatic heterocycles. The van der Waals surface area contributed by atoms with E-state index in [4.69, 9.17) is 14.2 Å². The molecule has 78 heavy (non-hydrogen) atoms. The molecule has 8 atom stereocenters. The Labute approximate surface area is 472 Å². The van der Waals surface area contributed by atoms with E-state index in [-0.39, 0.29) is 83.7 Å². The number of carbonyl (C=O) groups is 6. The molecule has 17 heteroatoms. The maximum Gasteiger partial charge on any atom is 0.407 e. The van der Waals surface area contributed by atoms with Gasteiger partial charge in [-0.1, -0.05) is 72.6 Å². The van der Waals surface area contributed by atoms with Crippen LogP contribution in [0.4, 0.5) is 4.79 Å². The monoisotopic (exact) mass is 1110 g/mol. The number of likely N-dealkylation sites (tertiary alicyclic amines) is 1. The summed E-state index contributed by atoms with van der Waals surface area (Å²) in [5.41, 5.74) is -1.03. The van der Waals surface area contributed by atoms with E-state index in [2.05, 4.69) is 39.6 Å². The van der Waals surface area contributed by atoms with E-state index in [0.29, 0.717) is 62.8 Å². The third-order valence-electron chi connectivity index (χ3n) is 19.7. The van der Waals surface area contributed by atoms with Gasteiger partial charge in [-0.05, 0) is 152 Å². The number of imide groups is 1. The molecule has 6 fully saturated rings. The van der Waals surface area contributed by atoms with E-state index in [1.807, 2.05) is 27.7 Å². The zero-order valence-electron chi connectivity index (χ0n) is 48.9. The molecular formula is C61H102N6O10S. The SMILES string of the molecule is C[C@H]1CC[C@H](OC(=O)NCCCN2CCN(CCCNC(=O)C(C)(C)CCOC(C)(C)CCNC(=O)CCN3C(=O)CC(SC4CCCCCCCC4)C3=O)CC2)CCCC[C@@H]2C1CC[C@]1(C)[C@@H](C3=CC(=O)OC3)CC[C@]21O. The molecule has 2 saturated heterocycles. The minimum absolute atomic E-state index is 0.0126. The fourth-order valence-electron chi connectivity index (χ4n) is 14.5. The van der Waals surface area contributed by atoms with Crippen molar-refractivity contribution in [3.05, 3.63) is 11.6 Å². The number of ether oxygens (including phenoxy) is 3. The van der Waals surface area contributed by atoms with Gasteiger partial charge in [-0.25, -0.2) is 9.59 Å². The molecule has 7 aliphatic rings. The Morgan fingerprint density at radius 1 is 0.769 bits per heavy atom. The molecule has 16 nitrogen and oxygen atoms in total. The minimum atomic E-state index is -0.738. The average molecular weight is 1110 g/mol. The van der Waals surface area contributed by atoms with Crippen LogP contribution < -0.4 is 16.0 Å². The summed E-state index contributed by atoms with van der Waals surface area (Å²) in [6.45, 7) is 20.7. The second-order valence-corrected chi connectivity index (χ2v) is 27.6. The second kappa shape index (κ2) is 29.1. The van der Waals surface area contributed by atoms with Crippen molar-refractivity contribution in [2.24, 2.45) is 34.5 Å². The smallest absolute Gasteiger partial charge is 0.407 e. The van der Waals surface area contributed by atoms with Crippen LogP contribution in [0.2, 0.25) is 0 Å². The first-order valence-electron chi connectivity index (χ1n) is 30.9. The van der Waals surface area contributed by atoms with Crippen LogP contribution in [0, 0.1) is 34.5 Å². The van der Waals surface area contributed by atoms with Crippen LogP contribution >= 0.6 is 11.8 Å². The minimum Gasteiger partial charge on any atom is -0.458 e. The first kappa shape index (κ1) is 62.4. The highest BCUT2D eigenvalue weighted by Gasteiger charge is 2.64.